The van der Waals surface area contributed by atoms with E-state index in [4.69, 9.17) is 4.74 Å². The van der Waals surface area contributed by atoms with Crippen molar-refractivity contribution in [3.8, 4) is 0 Å². The van der Waals surface area contributed by atoms with Crippen LogP contribution >= 0.6 is 0 Å². The molecule has 0 N–H and O–H groups in total. The molecule has 0 aliphatic heterocycles. The molecule has 0 spiro atoms. The minimum atomic E-state index is -0.196. The maximum absolute atomic E-state index is 13.7. The van der Waals surface area contributed by atoms with Crippen LogP contribution in [0, 0.1) is 11.7 Å². The van der Waals surface area contributed by atoms with Crippen LogP contribution in [0.2, 0.25) is 0 Å². The minimum absolute atomic E-state index is 0.130. The summed E-state index contributed by atoms with van der Waals surface area (Å²) in [7, 11) is 6.39. The van der Waals surface area contributed by atoms with E-state index in [1.807, 2.05) is 17.7 Å². The van der Waals surface area contributed by atoms with Gasteiger partial charge in [0.1, 0.15) is 5.82 Å². The molecule has 1 saturated carbocycles. The van der Waals surface area contributed by atoms with Gasteiger partial charge in [0.25, 0.3) is 0 Å². The monoisotopic (exact) mass is 394 g/mol. The standard InChI is InChI=1S/C25H31FN2O/c1-27(2)25(21-7-5-4-6-8-21)13-11-19(12-14-25)17-29-18-20-16-28(3)24-10-9-22(26)15-23(20)24/h4-10,15-16,19H,11-14,17-18H2,1-3H3. The predicted octanol–water partition coefficient (Wildman–Crippen LogP) is 5.48. The van der Waals surface area contributed by atoms with Gasteiger partial charge in [-0.05, 0) is 69.5 Å². The van der Waals surface area contributed by atoms with E-state index < -0.39 is 0 Å². The molecule has 1 aliphatic rings. The van der Waals surface area contributed by atoms with Crippen molar-refractivity contribution in [1.29, 1.82) is 0 Å². The van der Waals surface area contributed by atoms with Crippen LogP contribution in [0.1, 0.15) is 36.8 Å². The third kappa shape index (κ3) is 3.96. The third-order valence-corrected chi connectivity index (χ3v) is 6.74. The molecule has 2 aromatic carbocycles. The molecule has 0 unspecified atom stereocenters. The van der Waals surface area contributed by atoms with Crippen LogP contribution in [-0.4, -0.2) is 30.2 Å². The van der Waals surface area contributed by atoms with Gasteiger partial charge in [-0.2, -0.15) is 0 Å². The normalized spacial score (nSPS) is 22.4. The van der Waals surface area contributed by atoms with Crippen molar-refractivity contribution < 1.29 is 9.13 Å². The highest BCUT2D eigenvalue weighted by molar-refractivity contribution is 5.83. The quantitative estimate of drug-likeness (QED) is 0.551. The van der Waals surface area contributed by atoms with Crippen molar-refractivity contribution in [1.82, 2.24) is 9.47 Å². The molecule has 0 atom stereocenters. The number of benzene rings is 2. The van der Waals surface area contributed by atoms with Gasteiger partial charge in [-0.25, -0.2) is 4.39 Å². The first-order chi connectivity index (χ1) is 14.0. The number of ether oxygens (including phenoxy) is 1. The van der Waals surface area contributed by atoms with Crippen LogP contribution in [0.15, 0.2) is 54.7 Å². The van der Waals surface area contributed by atoms with Crippen LogP contribution in [0.25, 0.3) is 10.9 Å². The summed E-state index contributed by atoms with van der Waals surface area (Å²) in [6.07, 6.45) is 6.68. The van der Waals surface area contributed by atoms with E-state index in [-0.39, 0.29) is 11.4 Å². The second-order valence-electron chi connectivity index (χ2n) is 8.68. The first-order valence-electron chi connectivity index (χ1n) is 10.5. The molecule has 0 amide bonds. The van der Waals surface area contributed by atoms with Gasteiger partial charge in [-0.3, -0.25) is 4.90 Å². The molecule has 29 heavy (non-hydrogen) atoms. The molecular weight excluding hydrogens is 363 g/mol. The second-order valence-corrected chi connectivity index (χ2v) is 8.68. The third-order valence-electron chi connectivity index (χ3n) is 6.74. The Balaban J connectivity index is 1.37. The van der Waals surface area contributed by atoms with Gasteiger partial charge >= 0.3 is 0 Å². The van der Waals surface area contributed by atoms with E-state index in [2.05, 4.69) is 55.5 Å². The van der Waals surface area contributed by atoms with Crippen LogP contribution in [0.3, 0.4) is 0 Å². The number of halogens is 1. The van der Waals surface area contributed by atoms with Crippen molar-refractivity contribution in [3.63, 3.8) is 0 Å². The van der Waals surface area contributed by atoms with E-state index >= 15 is 0 Å². The fraction of sp³-hybridized carbons (Fsp3) is 0.440. The van der Waals surface area contributed by atoms with Crippen molar-refractivity contribution in [2.45, 2.75) is 37.8 Å². The highest BCUT2D eigenvalue weighted by Gasteiger charge is 2.38. The summed E-state index contributed by atoms with van der Waals surface area (Å²) in [5.41, 5.74) is 3.65. The number of hydrogen-bond acceptors (Lipinski definition) is 2. The second kappa shape index (κ2) is 8.29. The van der Waals surface area contributed by atoms with Gasteiger partial charge in [0.05, 0.1) is 6.61 Å². The fourth-order valence-electron chi connectivity index (χ4n) is 4.96. The lowest BCUT2D eigenvalue weighted by Crippen LogP contribution is -2.44. The largest absolute Gasteiger partial charge is 0.376 e. The number of aromatic nitrogens is 1. The summed E-state index contributed by atoms with van der Waals surface area (Å²) in [5, 5.41) is 0.951. The Bertz CT molecular complexity index is 956. The van der Waals surface area contributed by atoms with Crippen LogP contribution in [0.5, 0.6) is 0 Å². The number of nitrogens with zero attached hydrogens (tertiary/aromatic N) is 2. The van der Waals surface area contributed by atoms with E-state index in [1.54, 1.807) is 6.07 Å². The average molecular weight is 395 g/mol. The van der Waals surface area contributed by atoms with E-state index in [0.717, 1.165) is 48.8 Å². The molecule has 1 heterocycles. The molecule has 1 fully saturated rings. The Morgan fingerprint density at radius 1 is 1.10 bits per heavy atom. The average Bonchev–Trinajstić information content (AvgIpc) is 3.04. The van der Waals surface area contributed by atoms with Gasteiger partial charge in [0.2, 0.25) is 0 Å². The van der Waals surface area contributed by atoms with Crippen LogP contribution in [0.4, 0.5) is 4.39 Å². The Hall–Kier alpha value is -2.17. The van der Waals surface area contributed by atoms with Crippen molar-refractivity contribution in [2.24, 2.45) is 13.0 Å². The van der Waals surface area contributed by atoms with Gasteiger partial charge in [-0.15, -0.1) is 0 Å². The zero-order chi connectivity index (χ0) is 20.4. The zero-order valence-corrected chi connectivity index (χ0v) is 17.7. The van der Waals surface area contributed by atoms with Gasteiger partial charge in [0, 0.05) is 41.9 Å². The fourth-order valence-corrected chi connectivity index (χ4v) is 4.96. The summed E-state index contributed by atoms with van der Waals surface area (Å²) in [4.78, 5) is 2.39. The molecule has 0 bridgehead atoms. The first-order valence-corrected chi connectivity index (χ1v) is 10.5. The summed E-state index contributed by atoms with van der Waals surface area (Å²) >= 11 is 0. The SMILES string of the molecule is CN(C)C1(c2ccccc2)CCC(COCc2cn(C)c3ccc(F)cc23)CC1. The Labute approximate surface area is 173 Å². The molecule has 1 aliphatic carbocycles. The smallest absolute Gasteiger partial charge is 0.123 e. The minimum Gasteiger partial charge on any atom is -0.376 e. The molecule has 4 rings (SSSR count). The highest BCUT2D eigenvalue weighted by atomic mass is 19.1. The van der Waals surface area contributed by atoms with Gasteiger partial charge in [0.15, 0.2) is 0 Å². The molecule has 4 heteroatoms. The predicted molar refractivity (Wildman–Crippen MR) is 116 cm³/mol. The molecule has 3 nitrogen and oxygen atoms in total. The van der Waals surface area contributed by atoms with E-state index in [0.29, 0.717) is 12.5 Å². The lowest BCUT2D eigenvalue weighted by Gasteiger charge is -2.45. The van der Waals surface area contributed by atoms with E-state index in [9.17, 15) is 4.39 Å². The highest BCUT2D eigenvalue weighted by Crippen LogP contribution is 2.43. The lowest BCUT2D eigenvalue weighted by molar-refractivity contribution is 0.0290. The van der Waals surface area contributed by atoms with Gasteiger partial charge < -0.3 is 9.30 Å². The summed E-state index contributed by atoms with van der Waals surface area (Å²) < 4.78 is 21.8. The maximum Gasteiger partial charge on any atom is 0.123 e. The molecular formula is C25H31FN2O. The number of hydrogen-bond donors (Lipinski definition) is 0. The van der Waals surface area contributed by atoms with Crippen molar-refractivity contribution in [3.05, 3.63) is 71.7 Å². The van der Waals surface area contributed by atoms with Crippen molar-refractivity contribution >= 4 is 10.9 Å². The summed E-state index contributed by atoms with van der Waals surface area (Å²) in [5.74, 6) is 0.386. The number of fused-ring (bicyclic) bond motifs is 1. The zero-order valence-electron chi connectivity index (χ0n) is 17.7. The number of aryl methyl sites for hydroxylation is 1. The van der Waals surface area contributed by atoms with Crippen LogP contribution in [-0.2, 0) is 23.9 Å². The molecule has 3 aromatic rings. The van der Waals surface area contributed by atoms with Crippen molar-refractivity contribution in [2.75, 3.05) is 20.7 Å². The summed E-state index contributed by atoms with van der Waals surface area (Å²) in [6.45, 7) is 1.30. The molecule has 0 radical (unpaired) electrons. The lowest BCUT2D eigenvalue weighted by atomic mass is 9.72. The van der Waals surface area contributed by atoms with Crippen LogP contribution < -0.4 is 0 Å². The summed E-state index contributed by atoms with van der Waals surface area (Å²) in [6, 6.07) is 15.8. The Kier molecular flexibility index (Phi) is 5.75. The first kappa shape index (κ1) is 20.1. The van der Waals surface area contributed by atoms with E-state index in [1.165, 1.54) is 11.6 Å². The molecule has 154 valence electrons. The van der Waals surface area contributed by atoms with Gasteiger partial charge in [-0.1, -0.05) is 30.3 Å². The molecule has 0 saturated heterocycles. The maximum atomic E-state index is 13.7. The number of rotatable bonds is 6. The Morgan fingerprint density at radius 2 is 1.83 bits per heavy atom. The molecule has 1 aromatic heterocycles. The topological polar surface area (TPSA) is 17.4 Å². The Morgan fingerprint density at radius 3 is 2.52 bits per heavy atom.